The maximum atomic E-state index is 12.1. The monoisotopic (exact) mass is 353 g/mol. The lowest BCUT2D eigenvalue weighted by atomic mass is 9.96. The molecule has 0 radical (unpaired) electrons. The van der Waals surface area contributed by atoms with Crippen LogP contribution in [-0.4, -0.2) is 18.5 Å². The summed E-state index contributed by atoms with van der Waals surface area (Å²) in [5.74, 6) is -0.0527. The molecule has 0 aliphatic heterocycles. The molecule has 5 heteroatoms. The lowest BCUT2D eigenvalue weighted by Gasteiger charge is -2.22. The van der Waals surface area contributed by atoms with Crippen molar-refractivity contribution in [3.8, 4) is 0 Å². The second-order valence-corrected chi connectivity index (χ2v) is 6.83. The van der Waals surface area contributed by atoms with Crippen molar-refractivity contribution < 1.29 is 9.59 Å². The van der Waals surface area contributed by atoms with Gasteiger partial charge in [0.05, 0.1) is 6.54 Å². The van der Waals surface area contributed by atoms with E-state index in [1.807, 2.05) is 62.4 Å². The summed E-state index contributed by atoms with van der Waals surface area (Å²) in [7, 11) is 0. The molecule has 1 atom stereocenters. The van der Waals surface area contributed by atoms with Crippen molar-refractivity contribution in [3.63, 3.8) is 0 Å². The molecule has 0 aliphatic carbocycles. The van der Waals surface area contributed by atoms with E-state index in [4.69, 9.17) is 0 Å². The number of rotatable bonds is 6. The number of carbonyl (C=O) groups is 2. The Kier molecular flexibility index (Phi) is 6.92. The summed E-state index contributed by atoms with van der Waals surface area (Å²) >= 11 is 0. The van der Waals surface area contributed by atoms with Gasteiger partial charge in [0.25, 0.3) is 0 Å². The summed E-state index contributed by atoms with van der Waals surface area (Å²) in [5, 5.41) is 8.31. The van der Waals surface area contributed by atoms with Crippen LogP contribution in [0.15, 0.2) is 48.5 Å². The van der Waals surface area contributed by atoms with E-state index in [2.05, 4.69) is 29.8 Å². The zero-order chi connectivity index (χ0) is 19.1. The second kappa shape index (κ2) is 9.15. The average molecular weight is 353 g/mol. The fourth-order valence-electron chi connectivity index (χ4n) is 2.88. The molecular weight excluding hydrogens is 326 g/mol. The first-order valence-corrected chi connectivity index (χ1v) is 8.83. The zero-order valence-corrected chi connectivity index (χ0v) is 15.8. The number of anilines is 1. The molecular formula is C21H27N3O2. The van der Waals surface area contributed by atoms with Crippen LogP contribution in [0, 0.1) is 19.8 Å². The van der Waals surface area contributed by atoms with Crippen LogP contribution in [0.3, 0.4) is 0 Å². The van der Waals surface area contributed by atoms with E-state index >= 15 is 0 Å². The first kappa shape index (κ1) is 19.7. The van der Waals surface area contributed by atoms with Crippen LogP contribution in [0.1, 0.15) is 36.6 Å². The summed E-state index contributed by atoms with van der Waals surface area (Å²) < 4.78 is 0. The van der Waals surface area contributed by atoms with Crippen LogP contribution in [0.2, 0.25) is 0 Å². The molecule has 2 aromatic carbocycles. The number of imide groups is 1. The van der Waals surface area contributed by atoms with Crippen molar-refractivity contribution in [2.75, 3.05) is 11.9 Å². The molecule has 26 heavy (non-hydrogen) atoms. The van der Waals surface area contributed by atoms with Gasteiger partial charge in [-0.15, -0.1) is 0 Å². The largest absolute Gasteiger partial charge is 0.325 e. The van der Waals surface area contributed by atoms with E-state index in [9.17, 15) is 9.59 Å². The summed E-state index contributed by atoms with van der Waals surface area (Å²) in [4.78, 5) is 24.1. The molecule has 138 valence electrons. The molecule has 0 spiro atoms. The third-order valence-corrected chi connectivity index (χ3v) is 4.19. The minimum atomic E-state index is -0.524. The van der Waals surface area contributed by atoms with E-state index in [0.717, 1.165) is 16.7 Å². The van der Waals surface area contributed by atoms with Crippen LogP contribution < -0.4 is 16.0 Å². The van der Waals surface area contributed by atoms with Crippen molar-refractivity contribution in [2.24, 2.45) is 5.92 Å². The number of benzene rings is 2. The van der Waals surface area contributed by atoms with Gasteiger partial charge in [-0.3, -0.25) is 10.1 Å². The van der Waals surface area contributed by atoms with Gasteiger partial charge in [-0.2, -0.15) is 0 Å². The minimum Gasteiger partial charge on any atom is -0.307 e. The highest BCUT2D eigenvalue weighted by Gasteiger charge is 2.17. The van der Waals surface area contributed by atoms with Gasteiger partial charge in [-0.05, 0) is 37.0 Å². The number of hydrogen-bond acceptors (Lipinski definition) is 3. The maximum absolute atomic E-state index is 12.1. The Hall–Kier alpha value is -2.66. The van der Waals surface area contributed by atoms with Gasteiger partial charge < -0.3 is 10.6 Å². The number of nitrogens with one attached hydrogen (secondary N) is 3. The smallest absolute Gasteiger partial charge is 0.307 e. The number of urea groups is 1. The Morgan fingerprint density at radius 2 is 1.69 bits per heavy atom. The first-order chi connectivity index (χ1) is 12.4. The number of hydrogen-bond donors (Lipinski definition) is 3. The standard InChI is InChI=1S/C21H27N3O2/c1-14(2)20(17-8-6-5-7-9-17)22-13-19(25)24-21(26)23-18-11-10-15(3)12-16(18)4/h5-12,14,20,22H,13H2,1-4H3,(H2,23,24,25,26)/t20-/m1/s1. The number of amides is 3. The molecule has 0 bridgehead atoms. The Labute approximate surface area is 155 Å². The quantitative estimate of drug-likeness (QED) is 0.737. The highest BCUT2D eigenvalue weighted by atomic mass is 16.2. The van der Waals surface area contributed by atoms with Gasteiger partial charge in [0.1, 0.15) is 0 Å². The van der Waals surface area contributed by atoms with Crippen molar-refractivity contribution in [1.29, 1.82) is 0 Å². The molecule has 5 nitrogen and oxygen atoms in total. The molecule has 0 saturated carbocycles. The van der Waals surface area contributed by atoms with Crippen LogP contribution in [0.5, 0.6) is 0 Å². The third kappa shape index (κ3) is 5.70. The third-order valence-electron chi connectivity index (χ3n) is 4.19. The minimum absolute atomic E-state index is 0.0457. The van der Waals surface area contributed by atoms with Crippen LogP contribution in [0.25, 0.3) is 0 Å². The van der Waals surface area contributed by atoms with E-state index in [1.165, 1.54) is 0 Å². The van der Waals surface area contributed by atoms with E-state index < -0.39 is 6.03 Å². The average Bonchev–Trinajstić information content (AvgIpc) is 2.58. The summed E-state index contributed by atoms with van der Waals surface area (Å²) in [5.41, 5.74) is 3.89. The molecule has 0 heterocycles. The van der Waals surface area contributed by atoms with Gasteiger partial charge in [-0.1, -0.05) is 61.9 Å². The first-order valence-electron chi connectivity index (χ1n) is 8.83. The Balaban J connectivity index is 1.88. The van der Waals surface area contributed by atoms with E-state index in [1.54, 1.807) is 0 Å². The van der Waals surface area contributed by atoms with E-state index in [-0.39, 0.29) is 18.5 Å². The van der Waals surface area contributed by atoms with Crippen molar-refractivity contribution in [3.05, 3.63) is 65.2 Å². The molecule has 3 N–H and O–H groups in total. The van der Waals surface area contributed by atoms with Crippen LogP contribution >= 0.6 is 0 Å². The van der Waals surface area contributed by atoms with Gasteiger partial charge >= 0.3 is 6.03 Å². The molecule has 3 amide bonds. The van der Waals surface area contributed by atoms with Crippen molar-refractivity contribution in [1.82, 2.24) is 10.6 Å². The van der Waals surface area contributed by atoms with Gasteiger partial charge in [0.15, 0.2) is 0 Å². The van der Waals surface area contributed by atoms with Crippen LogP contribution in [-0.2, 0) is 4.79 Å². The van der Waals surface area contributed by atoms with Gasteiger partial charge in [0.2, 0.25) is 5.91 Å². The van der Waals surface area contributed by atoms with Crippen molar-refractivity contribution in [2.45, 2.75) is 33.7 Å². The molecule has 0 saturated heterocycles. The molecule has 0 unspecified atom stereocenters. The molecule has 0 aromatic heterocycles. The van der Waals surface area contributed by atoms with E-state index in [0.29, 0.717) is 11.6 Å². The fourth-order valence-corrected chi connectivity index (χ4v) is 2.88. The normalized spacial score (nSPS) is 11.9. The zero-order valence-electron chi connectivity index (χ0n) is 15.8. The summed E-state index contributed by atoms with van der Waals surface area (Å²) in [6.07, 6.45) is 0. The van der Waals surface area contributed by atoms with Crippen LogP contribution in [0.4, 0.5) is 10.5 Å². The van der Waals surface area contributed by atoms with Gasteiger partial charge in [0, 0.05) is 11.7 Å². The summed E-state index contributed by atoms with van der Waals surface area (Å²) in [6, 6.07) is 15.2. The Morgan fingerprint density at radius 3 is 2.31 bits per heavy atom. The Morgan fingerprint density at radius 1 is 1.00 bits per heavy atom. The molecule has 0 aliphatic rings. The topological polar surface area (TPSA) is 70.2 Å². The van der Waals surface area contributed by atoms with Crippen molar-refractivity contribution >= 4 is 17.6 Å². The predicted molar refractivity (Wildman–Crippen MR) is 105 cm³/mol. The molecule has 0 fully saturated rings. The molecule has 2 aromatic rings. The predicted octanol–water partition coefficient (Wildman–Crippen LogP) is 3.94. The van der Waals surface area contributed by atoms with Gasteiger partial charge in [-0.25, -0.2) is 4.79 Å². The molecule has 2 rings (SSSR count). The highest BCUT2D eigenvalue weighted by molar-refractivity contribution is 6.02. The fraction of sp³-hybridized carbons (Fsp3) is 0.333. The summed E-state index contributed by atoms with van der Waals surface area (Å²) in [6.45, 7) is 8.16. The lowest BCUT2D eigenvalue weighted by molar-refractivity contribution is -0.119. The number of carbonyl (C=O) groups excluding carboxylic acids is 2. The lowest BCUT2D eigenvalue weighted by Crippen LogP contribution is -2.41. The highest BCUT2D eigenvalue weighted by Crippen LogP contribution is 2.20. The number of aryl methyl sites for hydroxylation is 2. The SMILES string of the molecule is Cc1ccc(NC(=O)NC(=O)CN[C@@H](c2ccccc2)C(C)C)c(C)c1. The Bertz CT molecular complexity index is 757. The maximum Gasteiger partial charge on any atom is 0.325 e. The second-order valence-electron chi connectivity index (χ2n) is 6.83.